The quantitative estimate of drug-likeness (QED) is 0.575. The molecule has 0 aliphatic rings. The molecule has 1 aromatic carbocycles. The van der Waals surface area contributed by atoms with Crippen LogP contribution >= 0.6 is 0 Å². The molecular formula is C12H11FN2O. The molecule has 3 nitrogen and oxygen atoms in total. The van der Waals surface area contributed by atoms with Crippen LogP contribution in [0.1, 0.15) is 15.9 Å². The zero-order chi connectivity index (χ0) is 12.1. The Morgan fingerprint density at radius 3 is 2.75 bits per heavy atom. The van der Waals surface area contributed by atoms with Crippen molar-refractivity contribution in [3.8, 4) is 6.07 Å². The van der Waals surface area contributed by atoms with Crippen LogP contribution < -0.4 is 0 Å². The lowest BCUT2D eigenvalue weighted by Crippen LogP contribution is -2.03. The Kier molecular flexibility index (Phi) is 3.78. The SMILES string of the molecule is CN(C)C=CC(=O)c1ccc(F)c(C#N)c1. The molecule has 4 heteroatoms. The summed E-state index contributed by atoms with van der Waals surface area (Å²) in [5.74, 6) is -0.874. The summed E-state index contributed by atoms with van der Waals surface area (Å²) in [6.45, 7) is 0. The van der Waals surface area contributed by atoms with Crippen molar-refractivity contribution in [1.29, 1.82) is 5.26 Å². The van der Waals surface area contributed by atoms with Crippen LogP contribution in [0.2, 0.25) is 0 Å². The second-order valence-corrected chi connectivity index (χ2v) is 3.45. The van der Waals surface area contributed by atoms with E-state index in [1.807, 2.05) is 0 Å². The lowest BCUT2D eigenvalue weighted by atomic mass is 10.1. The summed E-state index contributed by atoms with van der Waals surface area (Å²) in [6.07, 6.45) is 2.96. The minimum atomic E-state index is -0.615. The number of hydrogen-bond donors (Lipinski definition) is 0. The Morgan fingerprint density at radius 1 is 1.50 bits per heavy atom. The first kappa shape index (κ1) is 11.9. The molecule has 0 aromatic heterocycles. The van der Waals surface area contributed by atoms with E-state index in [4.69, 9.17) is 5.26 Å². The number of ketones is 1. The van der Waals surface area contributed by atoms with E-state index >= 15 is 0 Å². The number of carbonyl (C=O) groups is 1. The van der Waals surface area contributed by atoms with Gasteiger partial charge in [-0.2, -0.15) is 5.26 Å². The van der Waals surface area contributed by atoms with Gasteiger partial charge in [0.25, 0.3) is 0 Å². The maximum atomic E-state index is 13.0. The van der Waals surface area contributed by atoms with Gasteiger partial charge in [-0.15, -0.1) is 0 Å². The smallest absolute Gasteiger partial charge is 0.187 e. The monoisotopic (exact) mass is 218 g/mol. The fourth-order valence-corrected chi connectivity index (χ4v) is 1.08. The molecule has 82 valence electrons. The number of nitriles is 1. The predicted octanol–water partition coefficient (Wildman–Crippen LogP) is 1.96. The molecule has 0 aliphatic heterocycles. The van der Waals surface area contributed by atoms with Gasteiger partial charge in [0.1, 0.15) is 11.9 Å². The summed E-state index contributed by atoms with van der Waals surface area (Å²) in [7, 11) is 3.57. The molecule has 0 atom stereocenters. The molecule has 0 fully saturated rings. The van der Waals surface area contributed by atoms with Crippen molar-refractivity contribution in [1.82, 2.24) is 4.90 Å². The molecular weight excluding hydrogens is 207 g/mol. The predicted molar refractivity (Wildman–Crippen MR) is 58.3 cm³/mol. The zero-order valence-electron chi connectivity index (χ0n) is 9.07. The van der Waals surface area contributed by atoms with Gasteiger partial charge in [-0.1, -0.05) is 0 Å². The van der Waals surface area contributed by atoms with Gasteiger partial charge < -0.3 is 4.90 Å². The van der Waals surface area contributed by atoms with Crippen LogP contribution in [0.5, 0.6) is 0 Å². The van der Waals surface area contributed by atoms with E-state index in [-0.39, 0.29) is 11.3 Å². The lowest BCUT2D eigenvalue weighted by Gasteiger charge is -2.03. The molecule has 0 aliphatic carbocycles. The standard InChI is InChI=1S/C12H11FN2O/c1-15(2)6-5-12(16)9-3-4-11(13)10(7-9)8-14/h3-7H,1-2H3. The first-order chi connectivity index (χ1) is 7.54. The van der Waals surface area contributed by atoms with Crippen LogP contribution in [0.3, 0.4) is 0 Å². The largest absolute Gasteiger partial charge is 0.383 e. The van der Waals surface area contributed by atoms with Crippen molar-refractivity contribution < 1.29 is 9.18 Å². The van der Waals surface area contributed by atoms with Crippen LogP contribution in [0, 0.1) is 17.1 Å². The minimum Gasteiger partial charge on any atom is -0.383 e. The molecule has 0 unspecified atom stereocenters. The van der Waals surface area contributed by atoms with Gasteiger partial charge in [0.05, 0.1) is 5.56 Å². The summed E-state index contributed by atoms with van der Waals surface area (Å²) in [5.41, 5.74) is 0.181. The van der Waals surface area contributed by atoms with E-state index in [0.717, 1.165) is 6.07 Å². The minimum absolute atomic E-state index is 0.121. The molecule has 1 rings (SSSR count). The Bertz CT molecular complexity index is 472. The average molecular weight is 218 g/mol. The number of halogens is 1. The van der Waals surface area contributed by atoms with Gasteiger partial charge in [-0.3, -0.25) is 4.79 Å². The number of hydrogen-bond acceptors (Lipinski definition) is 3. The molecule has 0 saturated heterocycles. The van der Waals surface area contributed by atoms with Crippen molar-refractivity contribution in [2.24, 2.45) is 0 Å². The third-order valence-electron chi connectivity index (χ3n) is 1.90. The van der Waals surface area contributed by atoms with Gasteiger partial charge >= 0.3 is 0 Å². The molecule has 0 spiro atoms. The van der Waals surface area contributed by atoms with Crippen LogP contribution in [0.15, 0.2) is 30.5 Å². The first-order valence-electron chi connectivity index (χ1n) is 4.63. The molecule has 0 N–H and O–H groups in total. The van der Waals surface area contributed by atoms with E-state index in [1.165, 1.54) is 18.2 Å². The Morgan fingerprint density at radius 2 is 2.19 bits per heavy atom. The van der Waals surface area contributed by atoms with Gasteiger partial charge in [-0.25, -0.2) is 4.39 Å². The van der Waals surface area contributed by atoms with Crippen LogP contribution in [-0.4, -0.2) is 24.8 Å². The van der Waals surface area contributed by atoms with Crippen molar-refractivity contribution in [3.05, 3.63) is 47.4 Å². The Labute approximate surface area is 93.4 Å². The highest BCUT2D eigenvalue weighted by Crippen LogP contribution is 2.10. The van der Waals surface area contributed by atoms with Gasteiger partial charge in [-0.05, 0) is 18.2 Å². The van der Waals surface area contributed by atoms with Gasteiger partial charge in [0.2, 0.25) is 0 Å². The van der Waals surface area contributed by atoms with E-state index in [1.54, 1.807) is 31.3 Å². The molecule has 0 saturated carbocycles. The third kappa shape index (κ3) is 2.92. The molecule has 0 heterocycles. The maximum absolute atomic E-state index is 13.0. The fraction of sp³-hybridized carbons (Fsp3) is 0.167. The van der Waals surface area contributed by atoms with Gasteiger partial charge in [0.15, 0.2) is 5.78 Å². The maximum Gasteiger partial charge on any atom is 0.187 e. The summed E-state index contributed by atoms with van der Waals surface area (Å²) >= 11 is 0. The van der Waals surface area contributed by atoms with Crippen molar-refractivity contribution in [3.63, 3.8) is 0 Å². The summed E-state index contributed by atoms with van der Waals surface area (Å²) in [4.78, 5) is 13.3. The number of allylic oxidation sites excluding steroid dienone is 1. The highest BCUT2D eigenvalue weighted by molar-refractivity contribution is 6.04. The first-order valence-corrected chi connectivity index (χ1v) is 4.63. The number of carbonyl (C=O) groups excluding carboxylic acids is 1. The summed E-state index contributed by atoms with van der Waals surface area (Å²) < 4.78 is 13.0. The third-order valence-corrected chi connectivity index (χ3v) is 1.90. The zero-order valence-corrected chi connectivity index (χ0v) is 9.07. The van der Waals surface area contributed by atoms with E-state index in [0.29, 0.717) is 5.56 Å². The highest BCUT2D eigenvalue weighted by Gasteiger charge is 2.06. The van der Waals surface area contributed by atoms with Crippen LogP contribution in [0.4, 0.5) is 4.39 Å². The number of nitrogens with zero attached hydrogens (tertiary/aromatic N) is 2. The summed E-state index contributed by atoms with van der Waals surface area (Å²) in [6, 6.07) is 5.42. The number of rotatable bonds is 3. The van der Waals surface area contributed by atoms with E-state index in [2.05, 4.69) is 0 Å². The van der Waals surface area contributed by atoms with Crippen LogP contribution in [0.25, 0.3) is 0 Å². The van der Waals surface area contributed by atoms with E-state index in [9.17, 15) is 9.18 Å². The molecule has 0 radical (unpaired) electrons. The highest BCUT2D eigenvalue weighted by atomic mass is 19.1. The second-order valence-electron chi connectivity index (χ2n) is 3.45. The number of benzene rings is 1. The van der Waals surface area contributed by atoms with Crippen molar-refractivity contribution in [2.45, 2.75) is 0 Å². The fourth-order valence-electron chi connectivity index (χ4n) is 1.08. The summed E-state index contributed by atoms with van der Waals surface area (Å²) in [5, 5.41) is 8.62. The topological polar surface area (TPSA) is 44.1 Å². The molecule has 0 bridgehead atoms. The Hall–Kier alpha value is -2.15. The van der Waals surface area contributed by atoms with Gasteiger partial charge in [0, 0.05) is 31.9 Å². The normalized spacial score (nSPS) is 10.1. The Balaban J connectivity index is 2.98. The second kappa shape index (κ2) is 5.08. The lowest BCUT2D eigenvalue weighted by molar-refractivity contribution is 0.104. The van der Waals surface area contributed by atoms with Crippen LogP contribution in [-0.2, 0) is 0 Å². The van der Waals surface area contributed by atoms with Crippen molar-refractivity contribution in [2.75, 3.05) is 14.1 Å². The average Bonchev–Trinajstić information content (AvgIpc) is 2.26. The molecule has 16 heavy (non-hydrogen) atoms. The van der Waals surface area contributed by atoms with E-state index < -0.39 is 5.82 Å². The molecule has 1 aromatic rings. The van der Waals surface area contributed by atoms with Crippen molar-refractivity contribution >= 4 is 5.78 Å². The molecule has 0 amide bonds.